The Morgan fingerprint density at radius 2 is 1.87 bits per heavy atom. The maximum atomic E-state index is 13.9. The minimum Gasteiger partial charge on any atom is -0.361 e. The highest BCUT2D eigenvalue weighted by Crippen LogP contribution is 2.20. The fraction of sp³-hybridized carbons (Fsp3) is 0.400. The van der Waals surface area contributed by atoms with Gasteiger partial charge in [0.2, 0.25) is 10.0 Å². The zero-order valence-corrected chi connectivity index (χ0v) is 14.1. The largest absolute Gasteiger partial charge is 0.361 e. The second-order valence-corrected chi connectivity index (χ2v) is 7.24. The van der Waals surface area contributed by atoms with Gasteiger partial charge in [-0.2, -0.15) is 0 Å². The number of benzene rings is 1. The van der Waals surface area contributed by atoms with Gasteiger partial charge < -0.3 is 4.52 Å². The molecule has 0 aliphatic heterocycles. The van der Waals surface area contributed by atoms with E-state index >= 15 is 0 Å². The van der Waals surface area contributed by atoms with Crippen molar-refractivity contribution in [2.24, 2.45) is 0 Å². The molecule has 0 bridgehead atoms. The number of hydrogen-bond donors (Lipinski definition) is 1. The molecule has 1 heterocycles. The predicted molar refractivity (Wildman–Crippen MR) is 80.6 cm³/mol. The minimum absolute atomic E-state index is 0.0465. The van der Waals surface area contributed by atoms with Gasteiger partial charge in [0.05, 0.1) is 5.69 Å². The third-order valence-corrected chi connectivity index (χ3v) is 5.16. The van der Waals surface area contributed by atoms with Crippen molar-refractivity contribution in [1.29, 1.82) is 0 Å². The summed E-state index contributed by atoms with van der Waals surface area (Å²) in [6, 6.07) is 1.01. The monoisotopic (exact) mass is 344 g/mol. The van der Waals surface area contributed by atoms with E-state index in [0.717, 1.165) is 11.6 Å². The SMILES string of the molecule is Cc1cc(F)c(S(=O)(=O)NC(C)Cc2c(C)noc2C)cc1F. The lowest BCUT2D eigenvalue weighted by atomic mass is 10.1. The first-order valence-electron chi connectivity index (χ1n) is 7.01. The lowest BCUT2D eigenvalue weighted by Crippen LogP contribution is -2.35. The summed E-state index contributed by atoms with van der Waals surface area (Å²) < 4.78 is 59.3. The molecular weight excluding hydrogens is 326 g/mol. The molecule has 5 nitrogen and oxygen atoms in total. The van der Waals surface area contributed by atoms with Crippen LogP contribution in [-0.4, -0.2) is 19.6 Å². The van der Waals surface area contributed by atoms with Gasteiger partial charge in [0.25, 0.3) is 0 Å². The van der Waals surface area contributed by atoms with Crippen LogP contribution in [-0.2, 0) is 16.4 Å². The van der Waals surface area contributed by atoms with Crippen molar-refractivity contribution in [2.45, 2.75) is 45.1 Å². The van der Waals surface area contributed by atoms with Crippen molar-refractivity contribution in [2.75, 3.05) is 0 Å². The third-order valence-electron chi connectivity index (χ3n) is 3.55. The summed E-state index contributed by atoms with van der Waals surface area (Å²) >= 11 is 0. The molecule has 1 atom stereocenters. The van der Waals surface area contributed by atoms with Crippen molar-refractivity contribution < 1.29 is 21.7 Å². The molecule has 0 fully saturated rings. The van der Waals surface area contributed by atoms with Gasteiger partial charge in [-0.1, -0.05) is 5.16 Å². The van der Waals surface area contributed by atoms with Gasteiger partial charge in [-0.15, -0.1) is 0 Å². The zero-order chi connectivity index (χ0) is 17.4. The average molecular weight is 344 g/mol. The van der Waals surface area contributed by atoms with E-state index in [1.165, 1.54) is 6.92 Å². The summed E-state index contributed by atoms with van der Waals surface area (Å²) in [6.07, 6.45) is 0.330. The van der Waals surface area contributed by atoms with Crippen molar-refractivity contribution in [3.63, 3.8) is 0 Å². The Labute approximate surface area is 133 Å². The molecule has 23 heavy (non-hydrogen) atoms. The molecule has 0 spiro atoms. The summed E-state index contributed by atoms with van der Waals surface area (Å²) in [6.45, 7) is 6.47. The van der Waals surface area contributed by atoms with Crippen LogP contribution in [0.1, 0.15) is 29.5 Å². The van der Waals surface area contributed by atoms with Crippen LogP contribution < -0.4 is 4.72 Å². The average Bonchev–Trinajstić information content (AvgIpc) is 2.74. The molecule has 1 N–H and O–H groups in total. The number of rotatable bonds is 5. The quantitative estimate of drug-likeness (QED) is 0.905. The summed E-state index contributed by atoms with van der Waals surface area (Å²) in [5.74, 6) is -1.16. The van der Waals surface area contributed by atoms with Crippen LogP contribution in [0.2, 0.25) is 0 Å². The molecule has 1 aromatic carbocycles. The van der Waals surface area contributed by atoms with E-state index in [-0.39, 0.29) is 5.56 Å². The van der Waals surface area contributed by atoms with Gasteiger partial charge in [-0.05, 0) is 51.8 Å². The van der Waals surface area contributed by atoms with E-state index in [4.69, 9.17) is 4.52 Å². The molecule has 2 aromatic rings. The standard InChI is InChI=1S/C15H18F2N2O3S/c1-8-5-14(17)15(7-13(8)16)23(20,21)19-9(2)6-12-10(3)18-22-11(12)4/h5,7,9,19H,6H2,1-4H3. The summed E-state index contributed by atoms with van der Waals surface area (Å²) in [5, 5.41) is 3.80. The third kappa shape index (κ3) is 3.76. The van der Waals surface area contributed by atoms with Crippen LogP contribution in [0.3, 0.4) is 0 Å². The highest BCUT2D eigenvalue weighted by molar-refractivity contribution is 7.89. The van der Waals surface area contributed by atoms with Crippen LogP contribution >= 0.6 is 0 Å². The Hall–Kier alpha value is -1.80. The summed E-state index contributed by atoms with van der Waals surface area (Å²) in [4.78, 5) is -0.703. The Balaban J connectivity index is 2.23. The van der Waals surface area contributed by atoms with Gasteiger partial charge >= 0.3 is 0 Å². The molecular formula is C15H18F2N2O3S. The van der Waals surface area contributed by atoms with E-state index in [1.807, 2.05) is 0 Å². The van der Waals surface area contributed by atoms with Gasteiger partial charge in [0.1, 0.15) is 22.3 Å². The van der Waals surface area contributed by atoms with Crippen LogP contribution in [0.4, 0.5) is 8.78 Å². The maximum Gasteiger partial charge on any atom is 0.243 e. The molecule has 0 amide bonds. The fourth-order valence-corrected chi connectivity index (χ4v) is 3.62. The van der Waals surface area contributed by atoms with Crippen LogP contribution in [0.5, 0.6) is 0 Å². The molecule has 1 aromatic heterocycles. The summed E-state index contributed by atoms with van der Waals surface area (Å²) in [5.41, 5.74) is 1.50. The number of nitrogens with zero attached hydrogens (tertiary/aromatic N) is 1. The lowest BCUT2D eigenvalue weighted by Gasteiger charge is -2.15. The number of aryl methyl sites for hydroxylation is 3. The highest BCUT2D eigenvalue weighted by Gasteiger charge is 2.24. The molecule has 126 valence electrons. The van der Waals surface area contributed by atoms with Crippen molar-refractivity contribution in [3.05, 3.63) is 46.3 Å². The predicted octanol–water partition coefficient (Wildman–Crippen LogP) is 2.79. The van der Waals surface area contributed by atoms with Crippen molar-refractivity contribution >= 4 is 10.0 Å². The van der Waals surface area contributed by atoms with Crippen LogP contribution in [0.15, 0.2) is 21.6 Å². The zero-order valence-electron chi connectivity index (χ0n) is 13.3. The summed E-state index contributed by atoms with van der Waals surface area (Å²) in [7, 11) is -4.17. The van der Waals surface area contributed by atoms with Gasteiger partial charge in [-0.3, -0.25) is 0 Å². The first kappa shape index (κ1) is 17.6. The second kappa shape index (κ2) is 6.37. The first-order chi connectivity index (χ1) is 10.6. The van der Waals surface area contributed by atoms with Crippen LogP contribution in [0.25, 0.3) is 0 Å². The van der Waals surface area contributed by atoms with Crippen molar-refractivity contribution in [1.82, 2.24) is 9.88 Å². The van der Waals surface area contributed by atoms with E-state index in [1.54, 1.807) is 20.8 Å². The Kier molecular flexibility index (Phi) is 4.86. The van der Waals surface area contributed by atoms with E-state index < -0.39 is 32.6 Å². The van der Waals surface area contributed by atoms with E-state index in [0.29, 0.717) is 23.9 Å². The molecule has 0 saturated carbocycles. The van der Waals surface area contributed by atoms with Crippen molar-refractivity contribution in [3.8, 4) is 0 Å². The second-order valence-electron chi connectivity index (χ2n) is 5.56. The Bertz CT molecular complexity index is 812. The maximum absolute atomic E-state index is 13.9. The molecule has 1 unspecified atom stereocenters. The van der Waals surface area contributed by atoms with Gasteiger partial charge in [-0.25, -0.2) is 21.9 Å². The molecule has 0 radical (unpaired) electrons. The van der Waals surface area contributed by atoms with Crippen LogP contribution in [0, 0.1) is 32.4 Å². The molecule has 0 aliphatic carbocycles. The molecule has 8 heteroatoms. The molecule has 0 saturated heterocycles. The number of nitrogens with one attached hydrogen (secondary N) is 1. The Morgan fingerprint density at radius 1 is 1.22 bits per heavy atom. The number of sulfonamides is 1. The smallest absolute Gasteiger partial charge is 0.243 e. The topological polar surface area (TPSA) is 72.2 Å². The molecule has 2 rings (SSSR count). The normalized spacial score (nSPS) is 13.3. The van der Waals surface area contributed by atoms with Gasteiger partial charge in [0, 0.05) is 11.6 Å². The lowest BCUT2D eigenvalue weighted by molar-refractivity contribution is 0.392. The van der Waals surface area contributed by atoms with Gasteiger partial charge in [0.15, 0.2) is 0 Å². The number of hydrogen-bond acceptors (Lipinski definition) is 4. The van der Waals surface area contributed by atoms with E-state index in [2.05, 4.69) is 9.88 Å². The first-order valence-corrected chi connectivity index (χ1v) is 8.50. The number of halogens is 2. The van der Waals surface area contributed by atoms with E-state index in [9.17, 15) is 17.2 Å². The highest BCUT2D eigenvalue weighted by atomic mass is 32.2. The Morgan fingerprint density at radius 3 is 2.43 bits per heavy atom. The molecule has 0 aliphatic rings. The fourth-order valence-electron chi connectivity index (χ4n) is 2.30. The number of aromatic nitrogens is 1. The minimum atomic E-state index is -4.17.